The third-order valence-electron chi connectivity index (χ3n) is 3.22. The van der Waals surface area contributed by atoms with Gasteiger partial charge >= 0.3 is 0 Å². The number of carbonyl (C=O) groups excluding carboxylic acids is 2. The van der Waals surface area contributed by atoms with E-state index in [-0.39, 0.29) is 11.8 Å². The summed E-state index contributed by atoms with van der Waals surface area (Å²) in [6.45, 7) is 6.41. The minimum absolute atomic E-state index is 0.0399. The summed E-state index contributed by atoms with van der Waals surface area (Å²) in [4.78, 5) is 25.3. The lowest BCUT2D eigenvalue weighted by Crippen LogP contribution is -2.22. The number of benzene rings is 1. The molecule has 5 heteroatoms. The van der Waals surface area contributed by atoms with Crippen molar-refractivity contribution in [1.29, 1.82) is 0 Å². The van der Waals surface area contributed by atoms with Gasteiger partial charge in [-0.05, 0) is 24.1 Å². The van der Waals surface area contributed by atoms with Crippen molar-refractivity contribution in [2.45, 2.75) is 26.0 Å². The van der Waals surface area contributed by atoms with Gasteiger partial charge in [-0.3, -0.25) is 9.59 Å². The average Bonchev–Trinajstić information content (AvgIpc) is 2.43. The van der Waals surface area contributed by atoms with Gasteiger partial charge in [0.2, 0.25) is 5.91 Å². The molecule has 0 fully saturated rings. The van der Waals surface area contributed by atoms with Crippen molar-refractivity contribution in [1.82, 2.24) is 4.90 Å². The van der Waals surface area contributed by atoms with Crippen LogP contribution in [0.25, 0.3) is 0 Å². The number of rotatable bonds is 6. The van der Waals surface area contributed by atoms with E-state index in [0.29, 0.717) is 28.2 Å². The molecule has 21 heavy (non-hydrogen) atoms. The summed E-state index contributed by atoms with van der Waals surface area (Å²) in [5.41, 5.74) is 1.23. The fraction of sp³-hybridized carbons (Fsp3) is 0.500. The van der Waals surface area contributed by atoms with Crippen molar-refractivity contribution in [2.75, 3.05) is 25.2 Å². The van der Waals surface area contributed by atoms with Crippen LogP contribution in [0.4, 0.5) is 5.69 Å². The number of anilines is 1. The summed E-state index contributed by atoms with van der Waals surface area (Å²) in [6.07, 6.45) is 0. The van der Waals surface area contributed by atoms with E-state index in [1.165, 1.54) is 4.90 Å². The molecule has 0 aromatic heterocycles. The first-order valence-electron chi connectivity index (χ1n) is 7.04. The quantitative estimate of drug-likeness (QED) is 0.878. The maximum atomic E-state index is 11.9. The average molecular weight is 308 g/mol. The Labute approximate surface area is 131 Å². The summed E-state index contributed by atoms with van der Waals surface area (Å²) < 4.78 is 0. The first-order chi connectivity index (χ1) is 9.81. The molecule has 1 unspecified atom stereocenters. The number of nitrogens with zero attached hydrogens (tertiary/aromatic N) is 1. The minimum atomic E-state index is -0.0751. The standard InChI is InChI=1S/C16H24N2O2S/c1-11(2)12(3)21-10-15(19)17-14-8-6-7-13(9-14)16(20)18(4)5/h6-9,11-12H,10H2,1-5H3,(H,17,19). The number of amides is 2. The molecular formula is C16H24N2O2S. The minimum Gasteiger partial charge on any atom is -0.345 e. The highest BCUT2D eigenvalue weighted by Crippen LogP contribution is 2.19. The van der Waals surface area contributed by atoms with Gasteiger partial charge in [0.05, 0.1) is 5.75 Å². The molecule has 0 saturated heterocycles. The van der Waals surface area contributed by atoms with Crippen LogP contribution in [0.2, 0.25) is 0 Å². The number of thioether (sulfide) groups is 1. The second-order valence-electron chi connectivity index (χ2n) is 5.59. The first kappa shape index (κ1) is 17.6. The van der Waals surface area contributed by atoms with E-state index in [2.05, 4.69) is 26.1 Å². The molecular weight excluding hydrogens is 284 g/mol. The second-order valence-corrected chi connectivity index (χ2v) is 6.95. The first-order valence-corrected chi connectivity index (χ1v) is 8.09. The molecule has 2 amide bonds. The van der Waals surface area contributed by atoms with E-state index in [4.69, 9.17) is 0 Å². The number of carbonyl (C=O) groups is 2. The van der Waals surface area contributed by atoms with E-state index in [1.807, 2.05) is 0 Å². The van der Waals surface area contributed by atoms with E-state index in [1.54, 1.807) is 50.1 Å². The van der Waals surface area contributed by atoms with Gasteiger partial charge in [-0.25, -0.2) is 0 Å². The molecule has 1 rings (SSSR count). The lowest BCUT2D eigenvalue weighted by Gasteiger charge is -2.15. The molecule has 116 valence electrons. The van der Waals surface area contributed by atoms with Crippen LogP contribution in [-0.2, 0) is 4.79 Å². The highest BCUT2D eigenvalue weighted by molar-refractivity contribution is 8.00. The fourth-order valence-electron chi connectivity index (χ4n) is 1.58. The number of nitrogens with one attached hydrogen (secondary N) is 1. The van der Waals surface area contributed by atoms with Crippen LogP contribution in [0.3, 0.4) is 0 Å². The van der Waals surface area contributed by atoms with Crippen molar-refractivity contribution in [3.05, 3.63) is 29.8 Å². The van der Waals surface area contributed by atoms with Crippen LogP contribution < -0.4 is 5.32 Å². The van der Waals surface area contributed by atoms with Gasteiger partial charge in [0.15, 0.2) is 0 Å². The van der Waals surface area contributed by atoms with Crippen LogP contribution in [0.1, 0.15) is 31.1 Å². The maximum Gasteiger partial charge on any atom is 0.253 e. The van der Waals surface area contributed by atoms with Gasteiger partial charge in [-0.15, -0.1) is 11.8 Å². The van der Waals surface area contributed by atoms with Crippen LogP contribution in [-0.4, -0.2) is 41.8 Å². The normalized spacial score (nSPS) is 12.1. The number of hydrogen-bond donors (Lipinski definition) is 1. The summed E-state index contributed by atoms with van der Waals surface area (Å²) in [7, 11) is 3.41. The predicted octanol–water partition coefficient (Wildman–Crippen LogP) is 3.10. The van der Waals surface area contributed by atoms with Gasteiger partial charge in [0, 0.05) is 30.6 Å². The highest BCUT2D eigenvalue weighted by Gasteiger charge is 2.12. The van der Waals surface area contributed by atoms with E-state index in [0.717, 1.165) is 0 Å². The molecule has 0 aliphatic rings. The van der Waals surface area contributed by atoms with E-state index in [9.17, 15) is 9.59 Å². The SMILES string of the molecule is CC(C)C(C)SCC(=O)Nc1cccc(C(=O)N(C)C)c1. The Morgan fingerprint density at radius 3 is 2.48 bits per heavy atom. The molecule has 0 aliphatic carbocycles. The molecule has 4 nitrogen and oxygen atoms in total. The molecule has 1 N–H and O–H groups in total. The lowest BCUT2D eigenvalue weighted by molar-refractivity contribution is -0.113. The van der Waals surface area contributed by atoms with Crippen molar-refractivity contribution in [3.63, 3.8) is 0 Å². The van der Waals surface area contributed by atoms with E-state index < -0.39 is 0 Å². The Hall–Kier alpha value is -1.49. The Morgan fingerprint density at radius 1 is 1.24 bits per heavy atom. The third-order valence-corrected chi connectivity index (χ3v) is 4.71. The summed E-state index contributed by atoms with van der Waals surface area (Å²) in [6, 6.07) is 7.02. The van der Waals surface area contributed by atoms with Crippen LogP contribution in [0, 0.1) is 5.92 Å². The molecule has 0 heterocycles. The summed E-state index contributed by atoms with van der Waals surface area (Å²) in [5.74, 6) is 0.852. The fourth-order valence-corrected chi connectivity index (χ4v) is 2.46. The summed E-state index contributed by atoms with van der Waals surface area (Å²) in [5, 5.41) is 3.28. The zero-order valence-corrected chi connectivity index (χ0v) is 14.2. The van der Waals surface area contributed by atoms with E-state index >= 15 is 0 Å². The molecule has 1 aromatic rings. The van der Waals surface area contributed by atoms with Crippen molar-refractivity contribution in [2.24, 2.45) is 5.92 Å². The molecule has 0 bridgehead atoms. The molecule has 1 atom stereocenters. The van der Waals surface area contributed by atoms with Crippen molar-refractivity contribution in [3.8, 4) is 0 Å². The molecule has 0 spiro atoms. The zero-order valence-electron chi connectivity index (χ0n) is 13.3. The Kier molecular flexibility index (Phi) is 6.75. The van der Waals surface area contributed by atoms with Crippen molar-refractivity contribution < 1.29 is 9.59 Å². The molecule has 0 aliphatic heterocycles. The molecule has 1 aromatic carbocycles. The smallest absolute Gasteiger partial charge is 0.253 e. The van der Waals surface area contributed by atoms with Gasteiger partial charge in [-0.1, -0.05) is 26.8 Å². The third kappa shape index (κ3) is 5.79. The maximum absolute atomic E-state index is 11.9. The van der Waals surface area contributed by atoms with Crippen LogP contribution in [0.15, 0.2) is 24.3 Å². The van der Waals surface area contributed by atoms with Gasteiger partial charge in [-0.2, -0.15) is 0 Å². The van der Waals surface area contributed by atoms with Crippen LogP contribution >= 0.6 is 11.8 Å². The van der Waals surface area contributed by atoms with Gasteiger partial charge in [0.1, 0.15) is 0 Å². The van der Waals surface area contributed by atoms with Gasteiger partial charge < -0.3 is 10.2 Å². The number of hydrogen-bond acceptors (Lipinski definition) is 3. The van der Waals surface area contributed by atoms with Crippen LogP contribution in [0.5, 0.6) is 0 Å². The topological polar surface area (TPSA) is 49.4 Å². The Bertz CT molecular complexity index is 501. The Balaban J connectivity index is 2.61. The predicted molar refractivity (Wildman–Crippen MR) is 89.8 cm³/mol. The van der Waals surface area contributed by atoms with Crippen molar-refractivity contribution >= 4 is 29.3 Å². The monoisotopic (exact) mass is 308 g/mol. The second kappa shape index (κ2) is 8.08. The molecule has 0 radical (unpaired) electrons. The van der Waals surface area contributed by atoms with Gasteiger partial charge in [0.25, 0.3) is 5.91 Å². The Morgan fingerprint density at radius 2 is 1.90 bits per heavy atom. The largest absolute Gasteiger partial charge is 0.345 e. The highest BCUT2D eigenvalue weighted by atomic mass is 32.2. The zero-order chi connectivity index (χ0) is 16.0. The lowest BCUT2D eigenvalue weighted by atomic mass is 10.2. The summed E-state index contributed by atoms with van der Waals surface area (Å²) >= 11 is 1.64. The molecule has 0 saturated carbocycles.